The van der Waals surface area contributed by atoms with Gasteiger partial charge in [-0.25, -0.2) is 6.92 Å². The summed E-state index contributed by atoms with van der Waals surface area (Å²) in [6, 6.07) is 5.76. The molecule has 3 heteroatoms. The first-order valence-corrected chi connectivity index (χ1v) is 3.90. The third-order valence-corrected chi connectivity index (χ3v) is 1.12. The first-order chi connectivity index (χ1) is 5.33. The van der Waals surface area contributed by atoms with E-state index in [1.54, 1.807) is 0 Å². The van der Waals surface area contributed by atoms with Crippen LogP contribution < -0.4 is 0 Å². The molecular weight excluding hydrogens is 336 g/mol. The number of aromatic nitrogens is 1. The van der Waals surface area contributed by atoms with Gasteiger partial charge in [0.1, 0.15) is 0 Å². The quantitative estimate of drug-likeness (QED) is 0.558. The normalized spacial score (nSPS) is 6.50. The number of hydrogen-bond donors (Lipinski definition) is 0. The smallest absolute Gasteiger partial charge is 0 e. The van der Waals surface area contributed by atoms with Crippen LogP contribution in [0.5, 0.6) is 0 Å². The molecule has 1 nitrogen and oxygen atoms in total. The van der Waals surface area contributed by atoms with Gasteiger partial charge in [0.2, 0.25) is 0 Å². The molecule has 0 saturated heterocycles. The summed E-state index contributed by atoms with van der Waals surface area (Å²) in [6.07, 6.45) is 0.739. The van der Waals surface area contributed by atoms with E-state index in [1.165, 1.54) is 0 Å². The van der Waals surface area contributed by atoms with Crippen LogP contribution in [0.2, 0.25) is 0 Å². The van der Waals surface area contributed by atoms with E-state index in [0.29, 0.717) is 0 Å². The standard InChI is InChI=1S/C8H9N.C2H6.CH3.Ru.Y.H/c1-3-8-6-4-5-7(2)9-8;1-2;;;;/h4-6H,1-3H2;1-2H3;1H3;;;/q-2;;-1;+3;;. The molecule has 79 valence electrons. The van der Waals surface area contributed by atoms with Crippen molar-refractivity contribution in [2.45, 2.75) is 20.3 Å². The van der Waals surface area contributed by atoms with Crippen molar-refractivity contribution in [3.05, 3.63) is 50.9 Å². The molecule has 0 spiro atoms. The van der Waals surface area contributed by atoms with Crippen molar-refractivity contribution in [3.8, 4) is 0 Å². The number of nitrogens with zero attached hydrogens (tertiary/aromatic N) is 1. The molecule has 0 aliphatic rings. The summed E-state index contributed by atoms with van der Waals surface area (Å²) in [6.45, 7) is 11.4. The van der Waals surface area contributed by atoms with Crippen LogP contribution in [-0.4, -0.2) is 4.98 Å². The molecule has 2 radical (unpaired) electrons. The molecule has 1 rings (SSSR count). The Morgan fingerprint density at radius 3 is 2.07 bits per heavy atom. The molecular formula is C11H19NRuY. The predicted molar refractivity (Wildman–Crippen MR) is 56.9 cm³/mol. The fourth-order valence-electron chi connectivity index (χ4n) is 0.668. The van der Waals surface area contributed by atoms with Crippen molar-refractivity contribution in [2.75, 3.05) is 0 Å². The Bertz CT molecular complexity index is 204. The van der Waals surface area contributed by atoms with Gasteiger partial charge in [0.05, 0.1) is 0 Å². The number of pyridine rings is 1. The molecule has 0 fully saturated rings. The second kappa shape index (κ2) is 16.2. The van der Waals surface area contributed by atoms with E-state index < -0.39 is 0 Å². The largest absolute Gasteiger partial charge is 0 e. The minimum atomic E-state index is 0. The number of hydrogen-bond acceptors (Lipinski definition) is 1. The Hall–Kier alpha value is 0.747. The first-order valence-electron chi connectivity index (χ1n) is 3.90. The molecule has 0 unspecified atom stereocenters. The van der Waals surface area contributed by atoms with Gasteiger partial charge in [-0.05, 0) is 0 Å². The summed E-state index contributed by atoms with van der Waals surface area (Å²) < 4.78 is 0. The van der Waals surface area contributed by atoms with Crippen molar-refractivity contribution in [1.29, 1.82) is 0 Å². The van der Waals surface area contributed by atoms with Gasteiger partial charge in [0.15, 0.2) is 0 Å². The van der Waals surface area contributed by atoms with Gasteiger partial charge in [-0.2, -0.15) is 6.07 Å². The first kappa shape index (κ1) is 24.1. The van der Waals surface area contributed by atoms with E-state index in [-0.39, 0.29) is 59.6 Å². The van der Waals surface area contributed by atoms with Crippen molar-refractivity contribution < 1.29 is 52.2 Å². The molecule has 0 saturated carbocycles. The van der Waals surface area contributed by atoms with Gasteiger partial charge < -0.3 is 14.4 Å². The van der Waals surface area contributed by atoms with Gasteiger partial charge in [-0.15, -0.1) is 18.2 Å². The molecule has 0 aromatic carbocycles. The summed E-state index contributed by atoms with van der Waals surface area (Å²) >= 11 is 0. The van der Waals surface area contributed by atoms with E-state index in [9.17, 15) is 0 Å². The maximum atomic E-state index is 4.12. The molecule has 0 aliphatic carbocycles. The van der Waals surface area contributed by atoms with Gasteiger partial charge in [0, 0.05) is 38.4 Å². The van der Waals surface area contributed by atoms with E-state index in [2.05, 4.69) is 18.8 Å². The third kappa shape index (κ3) is 10.8. The van der Waals surface area contributed by atoms with E-state index in [1.807, 2.05) is 32.0 Å². The average molecular weight is 355 g/mol. The van der Waals surface area contributed by atoms with Crippen LogP contribution in [0.25, 0.3) is 0 Å². The summed E-state index contributed by atoms with van der Waals surface area (Å²) in [4.78, 5) is 4.12. The van der Waals surface area contributed by atoms with Gasteiger partial charge in [-0.3, -0.25) is 4.98 Å². The fourth-order valence-corrected chi connectivity index (χ4v) is 0.668. The Balaban J connectivity index is -0.0000000942. The van der Waals surface area contributed by atoms with Gasteiger partial charge >= 0.3 is 19.5 Å². The summed E-state index contributed by atoms with van der Waals surface area (Å²) in [5.41, 5.74) is 1.82. The summed E-state index contributed by atoms with van der Waals surface area (Å²) in [7, 11) is 0. The fraction of sp³-hybridized carbons (Fsp3) is 0.273. The van der Waals surface area contributed by atoms with Gasteiger partial charge in [0.25, 0.3) is 0 Å². The molecule has 0 amide bonds. The summed E-state index contributed by atoms with van der Waals surface area (Å²) in [5.74, 6) is 0. The van der Waals surface area contributed by atoms with Crippen molar-refractivity contribution in [1.82, 2.24) is 4.98 Å². The van der Waals surface area contributed by atoms with Gasteiger partial charge in [-0.1, -0.05) is 19.9 Å². The topological polar surface area (TPSA) is 12.9 Å². The SMILES string of the molecule is CC.[CH2-]Cc1cccc([CH2-])n1.[CH3-].[RuH+3].[Y]. The Morgan fingerprint density at radius 1 is 1.29 bits per heavy atom. The van der Waals surface area contributed by atoms with E-state index in [4.69, 9.17) is 0 Å². The monoisotopic (exact) mass is 356 g/mol. The van der Waals surface area contributed by atoms with Crippen molar-refractivity contribution in [3.63, 3.8) is 0 Å². The zero-order valence-corrected chi connectivity index (χ0v) is 14.0. The second-order valence-electron chi connectivity index (χ2n) is 1.87. The predicted octanol–water partition coefficient (Wildman–Crippen LogP) is 2.84. The van der Waals surface area contributed by atoms with Crippen LogP contribution >= 0.6 is 0 Å². The zero-order chi connectivity index (χ0) is 8.69. The third-order valence-electron chi connectivity index (χ3n) is 1.12. The van der Waals surface area contributed by atoms with Crippen molar-refractivity contribution in [2.24, 2.45) is 0 Å². The molecule has 0 N–H and O–H groups in total. The number of rotatable bonds is 1. The second-order valence-corrected chi connectivity index (χ2v) is 1.87. The molecule has 1 aromatic heterocycles. The molecule has 1 aromatic rings. The molecule has 14 heavy (non-hydrogen) atoms. The molecule has 0 aliphatic heterocycles. The van der Waals surface area contributed by atoms with Crippen LogP contribution in [0.4, 0.5) is 0 Å². The van der Waals surface area contributed by atoms with Crippen LogP contribution in [-0.2, 0) is 58.6 Å². The molecule has 1 heterocycles. The maximum absolute atomic E-state index is 4.12. The van der Waals surface area contributed by atoms with Crippen LogP contribution in [0.3, 0.4) is 0 Å². The van der Waals surface area contributed by atoms with Crippen LogP contribution in [0.15, 0.2) is 18.2 Å². The molecule has 0 atom stereocenters. The van der Waals surface area contributed by atoms with Crippen LogP contribution in [0.1, 0.15) is 25.2 Å². The zero-order valence-electron chi connectivity index (χ0n) is 9.26. The van der Waals surface area contributed by atoms with E-state index >= 15 is 0 Å². The minimum absolute atomic E-state index is 0. The minimum Gasteiger partial charge on any atom is 0 e. The van der Waals surface area contributed by atoms with Crippen molar-refractivity contribution >= 4 is 0 Å². The average Bonchev–Trinajstić information content (AvgIpc) is 2.08. The van der Waals surface area contributed by atoms with E-state index in [0.717, 1.165) is 17.8 Å². The maximum Gasteiger partial charge on any atom is 0 e. The summed E-state index contributed by atoms with van der Waals surface area (Å²) in [5, 5.41) is 0. The van der Waals surface area contributed by atoms with Crippen LogP contribution in [0, 0.1) is 21.3 Å². The Labute approximate surface area is 127 Å². The Kier molecular flexibility index (Phi) is 27.9. The Morgan fingerprint density at radius 2 is 1.79 bits per heavy atom. The molecule has 0 bridgehead atoms.